The van der Waals surface area contributed by atoms with Crippen molar-refractivity contribution in [3.8, 4) is 0 Å². The lowest BCUT2D eigenvalue weighted by molar-refractivity contribution is -0.144. The lowest BCUT2D eigenvalue weighted by Crippen LogP contribution is -2.46. The van der Waals surface area contributed by atoms with Crippen molar-refractivity contribution in [2.24, 2.45) is 0 Å². The Morgan fingerprint density at radius 1 is 1.31 bits per heavy atom. The molecule has 1 aromatic carbocycles. The van der Waals surface area contributed by atoms with E-state index >= 15 is 0 Å². The molecule has 0 bridgehead atoms. The largest absolute Gasteiger partial charge is 0.452 e. The second-order valence-corrected chi connectivity index (χ2v) is 6.86. The van der Waals surface area contributed by atoms with Crippen molar-refractivity contribution in [2.45, 2.75) is 19.9 Å². The minimum absolute atomic E-state index is 0.300. The molecule has 0 unspecified atom stereocenters. The number of rotatable bonds is 7. The summed E-state index contributed by atoms with van der Waals surface area (Å²) in [7, 11) is 0. The highest BCUT2D eigenvalue weighted by atomic mass is 35.5. The number of esters is 1. The fourth-order valence-electron chi connectivity index (χ4n) is 2.14. The van der Waals surface area contributed by atoms with E-state index in [0.29, 0.717) is 11.6 Å². The Bertz CT molecular complexity index is 847. The average molecular weight is 395 g/mol. The highest BCUT2D eigenvalue weighted by molar-refractivity contribution is 7.20. The van der Waals surface area contributed by atoms with Crippen LogP contribution in [-0.2, 0) is 19.1 Å². The number of halogens is 1. The molecule has 2 amide bonds. The van der Waals surface area contributed by atoms with Crippen molar-refractivity contribution in [3.05, 3.63) is 40.2 Å². The highest BCUT2D eigenvalue weighted by Crippen LogP contribution is 2.35. The normalized spacial score (nSPS) is 12.1. The molecule has 0 saturated heterocycles. The molecule has 2 N–H and O–H groups in total. The van der Waals surface area contributed by atoms with Gasteiger partial charge in [-0.15, -0.1) is 11.3 Å². The van der Waals surface area contributed by atoms with Crippen molar-refractivity contribution in [1.29, 1.82) is 0 Å². The molecule has 0 saturated carbocycles. The Morgan fingerprint density at radius 3 is 2.73 bits per heavy atom. The van der Waals surface area contributed by atoms with Gasteiger partial charge < -0.3 is 15.4 Å². The van der Waals surface area contributed by atoms with Gasteiger partial charge in [-0.1, -0.05) is 29.8 Å². The molecule has 138 valence electrons. The first-order valence-electron chi connectivity index (χ1n) is 8.01. The Labute approximate surface area is 160 Å². The summed E-state index contributed by atoms with van der Waals surface area (Å²) < 4.78 is 5.89. The molecule has 2 rings (SSSR count). The fraction of sp³-hybridized carbons (Fsp3) is 0.278. The molecule has 6 nitrogen and oxygen atoms in total. The number of amides is 2. The van der Waals surface area contributed by atoms with Crippen LogP contribution in [0.2, 0.25) is 5.02 Å². The van der Waals surface area contributed by atoms with Gasteiger partial charge in [-0.2, -0.15) is 0 Å². The molecule has 0 aliphatic rings. The highest BCUT2D eigenvalue weighted by Gasteiger charge is 2.15. The summed E-state index contributed by atoms with van der Waals surface area (Å²) in [5.74, 6) is -1.52. The van der Waals surface area contributed by atoms with Gasteiger partial charge in [-0.3, -0.25) is 9.59 Å². The van der Waals surface area contributed by atoms with Crippen LogP contribution in [0.1, 0.15) is 18.7 Å². The molecule has 26 heavy (non-hydrogen) atoms. The molecule has 1 atom stereocenters. The van der Waals surface area contributed by atoms with E-state index < -0.39 is 24.5 Å². The molecule has 0 radical (unpaired) electrons. The van der Waals surface area contributed by atoms with E-state index in [0.717, 1.165) is 15.0 Å². The molecule has 8 heteroatoms. The number of likely N-dealkylation sites (N-methyl/N-ethyl adjacent to an activating group) is 1. The van der Waals surface area contributed by atoms with E-state index in [4.69, 9.17) is 16.3 Å². The summed E-state index contributed by atoms with van der Waals surface area (Å²) in [6, 6.07) is 6.96. The van der Waals surface area contributed by atoms with Crippen LogP contribution in [0.3, 0.4) is 0 Å². The summed E-state index contributed by atoms with van der Waals surface area (Å²) >= 11 is 7.74. The number of nitrogens with one attached hydrogen (secondary N) is 2. The summed E-state index contributed by atoms with van der Waals surface area (Å²) in [5.41, 5.74) is 0. The molecule has 1 aromatic heterocycles. The van der Waals surface area contributed by atoms with E-state index in [9.17, 15) is 14.4 Å². The zero-order valence-corrected chi connectivity index (χ0v) is 15.9. The van der Waals surface area contributed by atoms with Gasteiger partial charge >= 0.3 is 5.97 Å². The lowest BCUT2D eigenvalue weighted by atomic mass is 10.2. The van der Waals surface area contributed by atoms with Gasteiger partial charge in [0.05, 0.1) is 5.02 Å². The third-order valence-electron chi connectivity index (χ3n) is 3.40. The predicted octanol–water partition coefficient (Wildman–Crippen LogP) is 2.75. The fourth-order valence-corrected chi connectivity index (χ4v) is 3.54. The first-order chi connectivity index (χ1) is 12.4. The molecule has 0 spiro atoms. The summed E-state index contributed by atoms with van der Waals surface area (Å²) in [4.78, 5) is 35.7. The number of thiophene rings is 1. The van der Waals surface area contributed by atoms with Crippen molar-refractivity contribution in [1.82, 2.24) is 10.6 Å². The molecule has 0 fully saturated rings. The number of hydrogen-bond acceptors (Lipinski definition) is 5. The SMILES string of the molecule is CCNC(=O)[C@H](C)NC(=O)COC(=O)/C=C/c1sc2ccccc2c1Cl. The monoisotopic (exact) mass is 394 g/mol. The van der Waals surface area contributed by atoms with E-state index in [-0.39, 0.29) is 5.91 Å². The Balaban J connectivity index is 1.86. The molecular formula is C18H19ClN2O4S. The van der Waals surface area contributed by atoms with Gasteiger partial charge in [0.1, 0.15) is 6.04 Å². The molecular weight excluding hydrogens is 376 g/mol. The van der Waals surface area contributed by atoms with Crippen LogP contribution in [0.25, 0.3) is 16.2 Å². The third kappa shape index (κ3) is 5.31. The van der Waals surface area contributed by atoms with E-state index in [1.165, 1.54) is 17.4 Å². The van der Waals surface area contributed by atoms with Gasteiger partial charge in [-0.05, 0) is 26.0 Å². The molecule has 0 aliphatic heterocycles. The first kappa shape index (κ1) is 19.9. The number of ether oxygens (including phenoxy) is 1. The van der Waals surface area contributed by atoms with Crippen molar-refractivity contribution >= 4 is 56.9 Å². The Morgan fingerprint density at radius 2 is 2.04 bits per heavy atom. The zero-order chi connectivity index (χ0) is 19.1. The lowest BCUT2D eigenvalue weighted by Gasteiger charge is -2.12. The molecule has 2 aromatic rings. The summed E-state index contributed by atoms with van der Waals surface area (Å²) in [6.07, 6.45) is 2.78. The van der Waals surface area contributed by atoms with Crippen LogP contribution in [0.4, 0.5) is 0 Å². The topological polar surface area (TPSA) is 84.5 Å². The van der Waals surface area contributed by atoms with Gasteiger partial charge in [-0.25, -0.2) is 4.79 Å². The van der Waals surface area contributed by atoms with E-state index in [1.54, 1.807) is 19.9 Å². The van der Waals surface area contributed by atoms with Crippen molar-refractivity contribution in [3.63, 3.8) is 0 Å². The maximum Gasteiger partial charge on any atom is 0.331 e. The predicted molar refractivity (Wildman–Crippen MR) is 103 cm³/mol. The minimum atomic E-state index is -0.700. The average Bonchev–Trinajstić information content (AvgIpc) is 2.94. The van der Waals surface area contributed by atoms with Gasteiger partial charge in [0, 0.05) is 27.6 Å². The second kappa shape index (κ2) is 9.35. The number of benzene rings is 1. The second-order valence-electron chi connectivity index (χ2n) is 5.40. The number of hydrogen-bond donors (Lipinski definition) is 2. The van der Waals surface area contributed by atoms with Gasteiger partial charge in [0.2, 0.25) is 5.91 Å². The van der Waals surface area contributed by atoms with Crippen LogP contribution < -0.4 is 10.6 Å². The Kier molecular flexibility index (Phi) is 7.17. The number of carbonyl (C=O) groups is 3. The van der Waals surface area contributed by atoms with E-state index in [1.807, 2.05) is 24.3 Å². The summed E-state index contributed by atoms with van der Waals surface area (Å²) in [6.45, 7) is 3.34. The maximum absolute atomic E-state index is 11.8. The standard InChI is InChI=1S/C18H19ClN2O4S/c1-3-20-18(24)11(2)21-15(22)10-25-16(23)9-8-14-17(19)12-6-4-5-7-13(12)26-14/h4-9,11H,3,10H2,1-2H3,(H,20,24)(H,21,22)/b9-8+/t11-/m0/s1. The van der Waals surface area contributed by atoms with Crippen LogP contribution in [-0.4, -0.2) is 37.0 Å². The number of carbonyl (C=O) groups excluding carboxylic acids is 3. The number of fused-ring (bicyclic) bond motifs is 1. The Hall–Kier alpha value is -2.38. The molecule has 1 heterocycles. The van der Waals surface area contributed by atoms with Gasteiger partial charge in [0.15, 0.2) is 6.61 Å². The van der Waals surface area contributed by atoms with Crippen molar-refractivity contribution in [2.75, 3.05) is 13.2 Å². The maximum atomic E-state index is 11.8. The van der Waals surface area contributed by atoms with Crippen LogP contribution in [0, 0.1) is 0 Å². The smallest absolute Gasteiger partial charge is 0.331 e. The van der Waals surface area contributed by atoms with Crippen molar-refractivity contribution < 1.29 is 19.1 Å². The van der Waals surface area contributed by atoms with Crippen LogP contribution in [0.5, 0.6) is 0 Å². The summed E-state index contributed by atoms with van der Waals surface area (Å²) in [5, 5.41) is 6.53. The van der Waals surface area contributed by atoms with Crippen LogP contribution in [0.15, 0.2) is 30.3 Å². The quantitative estimate of drug-likeness (QED) is 0.558. The minimum Gasteiger partial charge on any atom is -0.452 e. The molecule has 0 aliphatic carbocycles. The van der Waals surface area contributed by atoms with Gasteiger partial charge in [0.25, 0.3) is 5.91 Å². The van der Waals surface area contributed by atoms with Crippen LogP contribution >= 0.6 is 22.9 Å². The first-order valence-corrected chi connectivity index (χ1v) is 9.20. The third-order valence-corrected chi connectivity index (χ3v) is 5.05. The van der Waals surface area contributed by atoms with E-state index in [2.05, 4.69) is 10.6 Å². The zero-order valence-electron chi connectivity index (χ0n) is 14.4.